The van der Waals surface area contributed by atoms with Crippen LogP contribution in [0, 0.1) is 5.82 Å². The summed E-state index contributed by atoms with van der Waals surface area (Å²) in [5, 5.41) is 23.0. The van der Waals surface area contributed by atoms with E-state index in [1.165, 1.54) is 12.1 Å². The van der Waals surface area contributed by atoms with Crippen molar-refractivity contribution in [1.82, 2.24) is 4.90 Å². The number of Topliss-reactive ketones (excluding diaryl/α,β-unsaturated/α-hetero) is 2. The van der Waals surface area contributed by atoms with Crippen molar-refractivity contribution in [2.75, 3.05) is 25.5 Å². The van der Waals surface area contributed by atoms with Crippen molar-refractivity contribution < 1.29 is 29.0 Å². The van der Waals surface area contributed by atoms with Gasteiger partial charge in [-0.2, -0.15) is 0 Å². The number of carbonyl (C=O) groups excluding carboxylic acids is 2. The maximum Gasteiger partial charge on any atom is 0.335 e. The second-order valence-corrected chi connectivity index (χ2v) is 8.78. The molecule has 3 N–H and O–H groups in total. The Kier molecular flexibility index (Phi) is 6.79. The number of halogens is 1. The molecule has 2 aliphatic rings. The van der Waals surface area contributed by atoms with Crippen molar-refractivity contribution in [2.24, 2.45) is 0 Å². The summed E-state index contributed by atoms with van der Waals surface area (Å²) in [5.74, 6) is -3.28. The molecule has 2 aromatic rings. The number of nitrogens with one attached hydrogen (secondary N) is 1. The van der Waals surface area contributed by atoms with Crippen molar-refractivity contribution in [2.45, 2.75) is 38.6 Å². The molecule has 1 heterocycles. The first-order valence-electron chi connectivity index (χ1n) is 11.4. The van der Waals surface area contributed by atoms with E-state index in [9.17, 15) is 29.0 Å². The quantitative estimate of drug-likeness (QED) is 0.534. The van der Waals surface area contributed by atoms with Gasteiger partial charge in [0.25, 0.3) is 0 Å². The standard InChI is InChI=1S/C26H27FN2O5/c1-28-21-12-18(27)11-20-19(21)13-23(31)24(25(20)32)22(30)10-15-5-6-16(26(33)34)9-17(15)14-29-7-3-2-4-8-29/h5-6,9,11-12,28,32H,2-4,7-8,10,13-14H2,1H3,(H,33,34). The van der Waals surface area contributed by atoms with Gasteiger partial charge in [0.15, 0.2) is 11.6 Å². The van der Waals surface area contributed by atoms with E-state index < -0.39 is 29.1 Å². The van der Waals surface area contributed by atoms with Gasteiger partial charge in [0, 0.05) is 37.7 Å². The fraction of sp³-hybridized carbons (Fsp3) is 0.346. The smallest absolute Gasteiger partial charge is 0.335 e. The summed E-state index contributed by atoms with van der Waals surface area (Å²) in [6, 6.07) is 6.96. The zero-order chi connectivity index (χ0) is 24.4. The van der Waals surface area contributed by atoms with E-state index in [-0.39, 0.29) is 29.5 Å². The van der Waals surface area contributed by atoms with Crippen LogP contribution in [0.25, 0.3) is 5.76 Å². The number of benzene rings is 2. The highest BCUT2D eigenvalue weighted by Crippen LogP contribution is 2.34. The van der Waals surface area contributed by atoms with Gasteiger partial charge in [-0.15, -0.1) is 0 Å². The Morgan fingerprint density at radius 1 is 1.09 bits per heavy atom. The van der Waals surface area contributed by atoms with Crippen molar-refractivity contribution >= 4 is 29.0 Å². The molecule has 34 heavy (non-hydrogen) atoms. The molecular weight excluding hydrogens is 439 g/mol. The normalized spacial score (nSPS) is 16.4. The summed E-state index contributed by atoms with van der Waals surface area (Å²) in [6.07, 6.45) is 2.98. The molecule has 0 atom stereocenters. The van der Waals surface area contributed by atoms with Crippen LogP contribution in [0.5, 0.6) is 0 Å². The molecule has 2 aromatic carbocycles. The van der Waals surface area contributed by atoms with Crippen LogP contribution < -0.4 is 5.32 Å². The number of nitrogens with zero attached hydrogens (tertiary/aromatic N) is 1. The summed E-state index contributed by atoms with van der Waals surface area (Å²) in [7, 11) is 1.59. The Bertz CT molecular complexity index is 1200. The van der Waals surface area contributed by atoms with Crippen LogP contribution in [0.15, 0.2) is 35.9 Å². The van der Waals surface area contributed by atoms with Crippen molar-refractivity contribution in [3.8, 4) is 0 Å². The molecule has 8 heteroatoms. The van der Waals surface area contributed by atoms with Crippen molar-refractivity contribution in [1.29, 1.82) is 0 Å². The number of likely N-dealkylation sites (tertiary alicyclic amines) is 1. The van der Waals surface area contributed by atoms with Gasteiger partial charge in [-0.25, -0.2) is 9.18 Å². The zero-order valence-corrected chi connectivity index (χ0v) is 19.0. The molecule has 4 rings (SSSR count). The van der Waals surface area contributed by atoms with Gasteiger partial charge in [0.1, 0.15) is 17.1 Å². The lowest BCUT2D eigenvalue weighted by Crippen LogP contribution is -2.30. The van der Waals surface area contributed by atoms with Gasteiger partial charge in [0.05, 0.1) is 5.56 Å². The first-order valence-corrected chi connectivity index (χ1v) is 11.4. The van der Waals surface area contributed by atoms with E-state index in [0.717, 1.165) is 38.4 Å². The van der Waals surface area contributed by atoms with E-state index in [1.54, 1.807) is 19.2 Å². The molecule has 7 nitrogen and oxygen atoms in total. The summed E-state index contributed by atoms with van der Waals surface area (Å²) >= 11 is 0. The number of allylic oxidation sites excluding steroid dienone is 1. The van der Waals surface area contributed by atoms with Gasteiger partial charge in [-0.3, -0.25) is 14.5 Å². The van der Waals surface area contributed by atoms with E-state index in [0.29, 0.717) is 28.9 Å². The van der Waals surface area contributed by atoms with E-state index in [4.69, 9.17) is 0 Å². The maximum absolute atomic E-state index is 14.1. The summed E-state index contributed by atoms with van der Waals surface area (Å²) < 4.78 is 14.1. The third-order valence-electron chi connectivity index (χ3n) is 6.52. The molecule has 178 valence electrons. The van der Waals surface area contributed by atoms with Crippen LogP contribution in [0.2, 0.25) is 0 Å². The van der Waals surface area contributed by atoms with Gasteiger partial charge in [-0.05, 0) is 66.9 Å². The van der Waals surface area contributed by atoms with Gasteiger partial charge >= 0.3 is 5.97 Å². The highest BCUT2D eigenvalue weighted by Gasteiger charge is 2.32. The molecular formula is C26H27FN2O5. The third-order valence-corrected chi connectivity index (χ3v) is 6.52. The number of aliphatic hydroxyl groups is 1. The zero-order valence-electron chi connectivity index (χ0n) is 19.0. The number of carbonyl (C=O) groups is 3. The molecule has 0 bridgehead atoms. The SMILES string of the molecule is CNc1cc(F)cc2c1CC(=O)C(C(=O)Cc1ccc(C(=O)O)cc1CN1CCCCC1)=C2O. The molecule has 0 amide bonds. The predicted octanol–water partition coefficient (Wildman–Crippen LogP) is 3.76. The fourth-order valence-corrected chi connectivity index (χ4v) is 4.76. The monoisotopic (exact) mass is 466 g/mol. The number of ketones is 2. The van der Waals surface area contributed by atoms with Gasteiger partial charge < -0.3 is 15.5 Å². The third kappa shape index (κ3) is 4.72. The Morgan fingerprint density at radius 3 is 2.50 bits per heavy atom. The van der Waals surface area contributed by atoms with Crippen LogP contribution in [0.1, 0.15) is 51.9 Å². The number of aromatic carboxylic acids is 1. The fourth-order valence-electron chi connectivity index (χ4n) is 4.76. The van der Waals surface area contributed by atoms with Crippen molar-refractivity contribution in [3.63, 3.8) is 0 Å². The molecule has 0 radical (unpaired) electrons. The van der Waals surface area contributed by atoms with Crippen LogP contribution in [-0.2, 0) is 29.0 Å². The highest BCUT2D eigenvalue weighted by atomic mass is 19.1. The Balaban J connectivity index is 1.68. The number of hydrogen-bond donors (Lipinski definition) is 3. The minimum Gasteiger partial charge on any atom is -0.506 e. The number of piperidine rings is 1. The molecule has 1 aliphatic carbocycles. The molecule has 0 unspecified atom stereocenters. The second-order valence-electron chi connectivity index (χ2n) is 8.78. The minimum atomic E-state index is -1.06. The lowest BCUT2D eigenvalue weighted by atomic mass is 9.84. The van der Waals surface area contributed by atoms with Gasteiger partial charge in [0.2, 0.25) is 0 Å². The molecule has 0 saturated carbocycles. The lowest BCUT2D eigenvalue weighted by Gasteiger charge is -2.27. The average Bonchev–Trinajstić information content (AvgIpc) is 2.81. The summed E-state index contributed by atoms with van der Waals surface area (Å²) in [6.45, 7) is 2.29. The number of carboxylic acid groups (broad SMARTS) is 1. The molecule has 1 fully saturated rings. The van der Waals surface area contributed by atoms with Crippen LogP contribution >= 0.6 is 0 Å². The topological polar surface area (TPSA) is 107 Å². The van der Waals surface area contributed by atoms with Crippen LogP contribution in [-0.4, -0.2) is 52.8 Å². The number of fused-ring (bicyclic) bond motifs is 1. The largest absolute Gasteiger partial charge is 0.506 e. The van der Waals surface area contributed by atoms with E-state index in [1.807, 2.05) is 0 Å². The van der Waals surface area contributed by atoms with Crippen molar-refractivity contribution in [3.05, 3.63) is 69.5 Å². The number of anilines is 1. The lowest BCUT2D eigenvalue weighted by molar-refractivity contribution is -0.120. The minimum absolute atomic E-state index is 0.127. The van der Waals surface area contributed by atoms with Gasteiger partial charge in [-0.1, -0.05) is 12.5 Å². The molecule has 1 aliphatic heterocycles. The maximum atomic E-state index is 14.1. The Labute approximate surface area is 196 Å². The number of aliphatic hydroxyl groups excluding tert-OH is 1. The Morgan fingerprint density at radius 2 is 1.82 bits per heavy atom. The first kappa shape index (κ1) is 23.6. The predicted molar refractivity (Wildman–Crippen MR) is 125 cm³/mol. The number of hydrogen-bond acceptors (Lipinski definition) is 6. The van der Waals surface area contributed by atoms with E-state index >= 15 is 0 Å². The number of rotatable bonds is 7. The summed E-state index contributed by atoms with van der Waals surface area (Å²) in [4.78, 5) is 39.8. The van der Waals surface area contributed by atoms with E-state index in [2.05, 4.69) is 10.2 Å². The summed E-state index contributed by atoms with van der Waals surface area (Å²) in [5.41, 5.74) is 2.06. The Hall–Kier alpha value is -3.52. The second kappa shape index (κ2) is 9.77. The highest BCUT2D eigenvalue weighted by molar-refractivity contribution is 6.27. The van der Waals surface area contributed by atoms with Crippen LogP contribution in [0.4, 0.5) is 10.1 Å². The molecule has 0 spiro atoms. The number of carboxylic acids is 1. The molecule has 1 saturated heterocycles. The molecule has 0 aromatic heterocycles. The first-order chi connectivity index (χ1) is 16.3. The average molecular weight is 467 g/mol. The van der Waals surface area contributed by atoms with Crippen LogP contribution in [0.3, 0.4) is 0 Å².